The van der Waals surface area contributed by atoms with Gasteiger partial charge in [0.05, 0.1) is 10.8 Å². The third-order valence-corrected chi connectivity index (χ3v) is 3.85. The predicted octanol–water partition coefficient (Wildman–Crippen LogP) is 3.28. The third kappa shape index (κ3) is 6.87. The number of hydrogen-bond donors (Lipinski definition) is 1. The van der Waals surface area contributed by atoms with Crippen LogP contribution in [0.5, 0.6) is 0 Å². The molecule has 0 unspecified atom stereocenters. The zero-order valence-corrected chi connectivity index (χ0v) is 14.2. The van der Waals surface area contributed by atoms with Crippen molar-refractivity contribution in [1.29, 1.82) is 0 Å². The Labute approximate surface area is 134 Å². The van der Waals surface area contributed by atoms with Crippen LogP contribution in [0.25, 0.3) is 0 Å². The van der Waals surface area contributed by atoms with E-state index >= 15 is 0 Å². The van der Waals surface area contributed by atoms with E-state index in [4.69, 9.17) is 16.3 Å². The molecule has 4 nitrogen and oxygen atoms in total. The molecular weight excluding hydrogens is 310 g/mol. The molecule has 1 N–H and O–H groups in total. The fourth-order valence-electron chi connectivity index (χ4n) is 1.44. The molecule has 1 amide bonds. The van der Waals surface area contributed by atoms with E-state index < -0.39 is 17.6 Å². The molecule has 116 valence electrons. The number of amides is 1. The van der Waals surface area contributed by atoms with Gasteiger partial charge in [-0.2, -0.15) is 0 Å². The first-order valence-electron chi connectivity index (χ1n) is 6.58. The van der Waals surface area contributed by atoms with E-state index in [0.29, 0.717) is 5.02 Å². The number of benzene rings is 1. The highest BCUT2D eigenvalue weighted by atomic mass is 35.5. The Morgan fingerprint density at radius 2 is 1.95 bits per heavy atom. The predicted molar refractivity (Wildman–Crippen MR) is 85.6 cm³/mol. The fourth-order valence-corrected chi connectivity index (χ4v) is 2.49. The SMILES string of the molecule is C[C@@H](NC(=O)CSc1ccccc1Cl)C(=O)OC(C)(C)C. The van der Waals surface area contributed by atoms with Gasteiger partial charge in [-0.25, -0.2) is 4.79 Å². The smallest absolute Gasteiger partial charge is 0.328 e. The molecule has 0 fully saturated rings. The summed E-state index contributed by atoms with van der Waals surface area (Å²) in [4.78, 5) is 24.4. The Balaban J connectivity index is 2.43. The summed E-state index contributed by atoms with van der Waals surface area (Å²) in [6, 6.07) is 6.62. The summed E-state index contributed by atoms with van der Waals surface area (Å²) in [5, 5.41) is 3.22. The molecule has 0 saturated carbocycles. The maximum absolute atomic E-state index is 11.8. The van der Waals surface area contributed by atoms with Gasteiger partial charge in [-0.15, -0.1) is 11.8 Å². The molecule has 0 bridgehead atoms. The van der Waals surface area contributed by atoms with E-state index in [-0.39, 0.29) is 11.7 Å². The van der Waals surface area contributed by atoms with Gasteiger partial charge in [0.15, 0.2) is 0 Å². The third-order valence-electron chi connectivity index (χ3n) is 2.33. The maximum Gasteiger partial charge on any atom is 0.328 e. The molecule has 0 aliphatic rings. The van der Waals surface area contributed by atoms with E-state index in [0.717, 1.165) is 4.90 Å². The number of rotatable bonds is 5. The topological polar surface area (TPSA) is 55.4 Å². The number of esters is 1. The standard InChI is InChI=1S/C15H20ClNO3S/c1-10(14(19)20-15(2,3)4)17-13(18)9-21-12-8-6-5-7-11(12)16/h5-8,10H,9H2,1-4H3,(H,17,18)/t10-/m1/s1. The molecule has 21 heavy (non-hydrogen) atoms. The quantitative estimate of drug-likeness (QED) is 0.665. The second kappa shape index (κ2) is 7.71. The van der Waals surface area contributed by atoms with Crippen LogP contribution in [0.3, 0.4) is 0 Å². The van der Waals surface area contributed by atoms with Crippen molar-refractivity contribution in [2.45, 2.75) is 44.2 Å². The Bertz CT molecular complexity index is 514. The number of ether oxygens (including phenoxy) is 1. The lowest BCUT2D eigenvalue weighted by atomic mass is 10.2. The summed E-state index contributed by atoms with van der Waals surface area (Å²) in [6.07, 6.45) is 0. The van der Waals surface area contributed by atoms with Gasteiger partial charge in [-0.05, 0) is 39.8 Å². The monoisotopic (exact) mass is 329 g/mol. The van der Waals surface area contributed by atoms with Crippen molar-refractivity contribution in [2.24, 2.45) is 0 Å². The average molecular weight is 330 g/mol. The number of thioether (sulfide) groups is 1. The van der Waals surface area contributed by atoms with Gasteiger partial charge < -0.3 is 10.1 Å². The molecule has 0 radical (unpaired) electrons. The number of nitrogens with one attached hydrogen (secondary N) is 1. The summed E-state index contributed by atoms with van der Waals surface area (Å²) < 4.78 is 5.20. The second-order valence-electron chi connectivity index (χ2n) is 5.54. The second-order valence-corrected chi connectivity index (χ2v) is 6.97. The van der Waals surface area contributed by atoms with Crippen molar-refractivity contribution in [3.63, 3.8) is 0 Å². The van der Waals surface area contributed by atoms with Gasteiger partial charge in [0.2, 0.25) is 5.91 Å². The minimum atomic E-state index is -0.677. The zero-order valence-electron chi connectivity index (χ0n) is 12.6. The largest absolute Gasteiger partial charge is 0.458 e. The highest BCUT2D eigenvalue weighted by molar-refractivity contribution is 8.00. The molecule has 0 spiro atoms. The van der Waals surface area contributed by atoms with E-state index in [1.54, 1.807) is 33.8 Å². The van der Waals surface area contributed by atoms with Crippen molar-refractivity contribution in [2.75, 3.05) is 5.75 Å². The minimum absolute atomic E-state index is 0.191. The van der Waals surface area contributed by atoms with Crippen LogP contribution in [-0.4, -0.2) is 29.3 Å². The number of carbonyl (C=O) groups excluding carboxylic acids is 2. The van der Waals surface area contributed by atoms with Crippen molar-refractivity contribution in [3.05, 3.63) is 29.3 Å². The average Bonchev–Trinajstić information content (AvgIpc) is 2.35. The van der Waals surface area contributed by atoms with Crippen LogP contribution in [-0.2, 0) is 14.3 Å². The van der Waals surface area contributed by atoms with Crippen LogP contribution in [0.2, 0.25) is 5.02 Å². The van der Waals surface area contributed by atoms with Gasteiger partial charge >= 0.3 is 5.97 Å². The molecule has 0 saturated heterocycles. The van der Waals surface area contributed by atoms with E-state index in [1.165, 1.54) is 11.8 Å². The van der Waals surface area contributed by atoms with Crippen molar-refractivity contribution >= 4 is 35.2 Å². The number of halogens is 1. The molecule has 1 rings (SSSR count). The summed E-state index contributed by atoms with van der Waals surface area (Å²) in [7, 11) is 0. The molecular formula is C15H20ClNO3S. The summed E-state index contributed by atoms with van der Waals surface area (Å²) in [6.45, 7) is 6.96. The maximum atomic E-state index is 11.8. The minimum Gasteiger partial charge on any atom is -0.458 e. The molecule has 6 heteroatoms. The molecule has 0 aromatic heterocycles. The fraction of sp³-hybridized carbons (Fsp3) is 0.467. The van der Waals surface area contributed by atoms with Crippen LogP contribution < -0.4 is 5.32 Å². The van der Waals surface area contributed by atoms with E-state index in [2.05, 4.69) is 5.32 Å². The van der Waals surface area contributed by atoms with Crippen molar-refractivity contribution in [1.82, 2.24) is 5.32 Å². The molecule has 1 aromatic carbocycles. The van der Waals surface area contributed by atoms with Crippen LogP contribution >= 0.6 is 23.4 Å². The Morgan fingerprint density at radius 3 is 2.52 bits per heavy atom. The van der Waals surface area contributed by atoms with Crippen molar-refractivity contribution in [3.8, 4) is 0 Å². The van der Waals surface area contributed by atoms with Crippen LogP contribution in [0.1, 0.15) is 27.7 Å². The van der Waals surface area contributed by atoms with Gasteiger partial charge in [-0.1, -0.05) is 23.7 Å². The number of hydrogen-bond acceptors (Lipinski definition) is 4. The lowest BCUT2D eigenvalue weighted by Gasteiger charge is -2.22. The van der Waals surface area contributed by atoms with E-state index in [9.17, 15) is 9.59 Å². The highest BCUT2D eigenvalue weighted by Gasteiger charge is 2.22. The normalized spacial score (nSPS) is 12.6. The molecule has 0 aliphatic carbocycles. The molecule has 1 aromatic rings. The van der Waals surface area contributed by atoms with Crippen LogP contribution in [0.4, 0.5) is 0 Å². The van der Waals surface area contributed by atoms with Gasteiger partial charge in [0, 0.05) is 4.90 Å². The van der Waals surface area contributed by atoms with Gasteiger partial charge in [-0.3, -0.25) is 4.79 Å². The summed E-state index contributed by atoms with van der Waals surface area (Å²) in [5.74, 6) is -0.492. The molecule has 1 atom stereocenters. The Hall–Kier alpha value is -1.20. The van der Waals surface area contributed by atoms with E-state index in [1.807, 2.05) is 18.2 Å². The lowest BCUT2D eigenvalue weighted by molar-refractivity contribution is -0.157. The van der Waals surface area contributed by atoms with Crippen LogP contribution in [0, 0.1) is 0 Å². The zero-order chi connectivity index (χ0) is 16.0. The first-order valence-corrected chi connectivity index (χ1v) is 7.95. The number of carbonyl (C=O) groups is 2. The van der Waals surface area contributed by atoms with Crippen molar-refractivity contribution < 1.29 is 14.3 Å². The first-order chi connectivity index (χ1) is 9.69. The lowest BCUT2D eigenvalue weighted by Crippen LogP contribution is -2.42. The van der Waals surface area contributed by atoms with Gasteiger partial charge in [0.1, 0.15) is 11.6 Å². The Morgan fingerprint density at radius 1 is 1.33 bits per heavy atom. The summed E-state index contributed by atoms with van der Waals surface area (Å²) >= 11 is 7.34. The Kier molecular flexibility index (Phi) is 6.55. The molecule has 0 aliphatic heterocycles. The van der Waals surface area contributed by atoms with Gasteiger partial charge in [0.25, 0.3) is 0 Å². The summed E-state index contributed by atoms with van der Waals surface area (Å²) in [5.41, 5.74) is -0.567. The van der Waals surface area contributed by atoms with Crippen LogP contribution in [0.15, 0.2) is 29.2 Å². The molecule has 0 heterocycles. The highest BCUT2D eigenvalue weighted by Crippen LogP contribution is 2.26. The first kappa shape index (κ1) is 17.9.